The molecule has 0 saturated carbocycles. The number of carbonyl (C=O) groups is 1. The number of hydrogen-bond donors (Lipinski definition) is 3. The number of carbonyl (C=O) groups excluding carboxylic acids is 1. The molecule has 1 aliphatic heterocycles. The fourth-order valence-corrected chi connectivity index (χ4v) is 3.02. The Labute approximate surface area is 121 Å². The summed E-state index contributed by atoms with van der Waals surface area (Å²) in [7, 11) is 3.62. The van der Waals surface area contributed by atoms with Crippen molar-refractivity contribution in [3.63, 3.8) is 0 Å². The molecule has 20 heavy (non-hydrogen) atoms. The third kappa shape index (κ3) is 2.85. The fraction of sp³-hybridized carbons (Fsp3) is 0.500. The molecule has 0 atom stereocenters. The summed E-state index contributed by atoms with van der Waals surface area (Å²) in [4.78, 5) is 14.3. The Hall–Kier alpha value is -1.82. The topological polar surface area (TPSA) is 97.4 Å². The van der Waals surface area contributed by atoms with Crippen LogP contribution >= 0.6 is 11.3 Å². The Kier molecular flexibility index (Phi) is 4.44. The van der Waals surface area contributed by atoms with Crippen LogP contribution in [-0.4, -0.2) is 56.1 Å². The van der Waals surface area contributed by atoms with Gasteiger partial charge in [0.2, 0.25) is 0 Å². The van der Waals surface area contributed by atoms with Gasteiger partial charge in [0, 0.05) is 33.2 Å². The number of nitrogens with two attached hydrogens (primary N) is 1. The minimum atomic E-state index is -0.268. The van der Waals surface area contributed by atoms with E-state index in [1.54, 1.807) is 7.05 Å². The number of amides is 1. The molecular weight excluding hydrogens is 276 g/mol. The lowest BCUT2D eigenvalue weighted by Crippen LogP contribution is -2.46. The maximum atomic E-state index is 11.7. The van der Waals surface area contributed by atoms with Gasteiger partial charge in [-0.15, -0.1) is 11.3 Å². The van der Waals surface area contributed by atoms with Crippen molar-refractivity contribution in [2.24, 2.45) is 0 Å². The van der Waals surface area contributed by atoms with Crippen molar-refractivity contribution in [3.8, 4) is 6.07 Å². The van der Waals surface area contributed by atoms with E-state index in [-0.39, 0.29) is 11.6 Å². The normalized spacial score (nSPS) is 16.6. The van der Waals surface area contributed by atoms with Gasteiger partial charge in [0.25, 0.3) is 5.91 Å². The highest BCUT2D eigenvalue weighted by Crippen LogP contribution is 2.35. The number of nitrogen functional groups attached to an aromatic ring is 1. The zero-order valence-electron chi connectivity index (χ0n) is 11.6. The number of piperazine rings is 1. The Bertz CT molecular complexity index is 541. The average Bonchev–Trinajstić information content (AvgIpc) is 2.76. The summed E-state index contributed by atoms with van der Waals surface area (Å²) in [5.74, 6) is -0.268. The highest BCUT2D eigenvalue weighted by atomic mass is 32.1. The highest BCUT2D eigenvalue weighted by molar-refractivity contribution is 7.18. The quantitative estimate of drug-likeness (QED) is 0.733. The predicted octanol–water partition coefficient (Wildman–Crippen LogP) is 0.136. The molecule has 1 fully saturated rings. The summed E-state index contributed by atoms with van der Waals surface area (Å²) in [5, 5.41) is 14.4. The smallest absolute Gasteiger partial charge is 0.263 e. The first kappa shape index (κ1) is 14.6. The number of thiophene rings is 1. The van der Waals surface area contributed by atoms with Gasteiger partial charge in [-0.25, -0.2) is 5.01 Å². The maximum Gasteiger partial charge on any atom is 0.263 e. The van der Waals surface area contributed by atoms with Crippen LogP contribution in [0.4, 0.5) is 10.7 Å². The monoisotopic (exact) mass is 294 g/mol. The molecule has 0 radical (unpaired) electrons. The molecular formula is C12H18N6OS. The van der Waals surface area contributed by atoms with Crippen molar-refractivity contribution in [2.75, 3.05) is 51.4 Å². The van der Waals surface area contributed by atoms with Gasteiger partial charge in [0.05, 0.1) is 5.69 Å². The average molecular weight is 294 g/mol. The Morgan fingerprint density at radius 2 is 2.05 bits per heavy atom. The van der Waals surface area contributed by atoms with Crippen molar-refractivity contribution < 1.29 is 4.79 Å². The van der Waals surface area contributed by atoms with Crippen LogP contribution in [-0.2, 0) is 0 Å². The van der Waals surface area contributed by atoms with E-state index in [9.17, 15) is 10.1 Å². The van der Waals surface area contributed by atoms with Gasteiger partial charge in [-0.1, -0.05) is 0 Å². The summed E-state index contributed by atoms with van der Waals surface area (Å²) in [6.07, 6.45) is 0. The zero-order chi connectivity index (χ0) is 14.7. The first-order chi connectivity index (χ1) is 9.56. The maximum absolute atomic E-state index is 11.7. The van der Waals surface area contributed by atoms with E-state index >= 15 is 0 Å². The van der Waals surface area contributed by atoms with Crippen molar-refractivity contribution in [3.05, 3.63) is 10.4 Å². The molecule has 0 aliphatic carbocycles. The second kappa shape index (κ2) is 6.09. The van der Waals surface area contributed by atoms with Crippen LogP contribution in [0.15, 0.2) is 0 Å². The molecule has 8 heteroatoms. The third-order valence-electron chi connectivity index (χ3n) is 3.25. The minimum Gasteiger partial charge on any atom is -0.396 e. The Balaban J connectivity index is 2.19. The molecule has 0 spiro atoms. The molecule has 108 valence electrons. The number of hydrazine groups is 1. The van der Waals surface area contributed by atoms with E-state index in [4.69, 9.17) is 5.73 Å². The van der Waals surface area contributed by atoms with E-state index in [0.717, 1.165) is 26.2 Å². The molecule has 4 N–H and O–H groups in total. The van der Waals surface area contributed by atoms with Gasteiger partial charge in [0.15, 0.2) is 0 Å². The molecule has 2 rings (SSSR count). The molecule has 0 bridgehead atoms. The lowest BCUT2D eigenvalue weighted by molar-refractivity contribution is 0.0968. The Morgan fingerprint density at radius 1 is 1.40 bits per heavy atom. The molecule has 0 unspecified atom stereocenters. The van der Waals surface area contributed by atoms with E-state index < -0.39 is 0 Å². The van der Waals surface area contributed by atoms with E-state index in [1.807, 2.05) is 5.01 Å². The first-order valence-corrected chi connectivity index (χ1v) is 7.13. The Morgan fingerprint density at radius 3 is 2.60 bits per heavy atom. The van der Waals surface area contributed by atoms with Gasteiger partial charge in [-0.05, 0) is 7.05 Å². The number of nitrogens with one attached hydrogen (secondary N) is 2. The largest absolute Gasteiger partial charge is 0.396 e. The van der Waals surface area contributed by atoms with Gasteiger partial charge < -0.3 is 21.4 Å². The molecule has 7 nitrogen and oxygen atoms in total. The number of rotatable bonds is 3. The minimum absolute atomic E-state index is 0.244. The summed E-state index contributed by atoms with van der Waals surface area (Å²) in [5.41, 5.74) is 9.67. The molecule has 1 aliphatic rings. The number of hydrogen-bond acceptors (Lipinski definition) is 7. The van der Waals surface area contributed by atoms with E-state index in [0.29, 0.717) is 15.4 Å². The predicted molar refractivity (Wildman–Crippen MR) is 79.5 cm³/mol. The van der Waals surface area contributed by atoms with Crippen LogP contribution in [0.25, 0.3) is 0 Å². The molecule has 0 aromatic carbocycles. The molecule has 1 saturated heterocycles. The SMILES string of the molecule is CNC(=O)c1sc(NN2CCN(C)CC2)c(C#N)c1N. The second-order valence-corrected chi connectivity index (χ2v) is 5.66. The first-order valence-electron chi connectivity index (χ1n) is 6.31. The van der Waals surface area contributed by atoms with Crippen LogP contribution in [0.5, 0.6) is 0 Å². The van der Waals surface area contributed by atoms with E-state index in [1.165, 1.54) is 11.3 Å². The highest BCUT2D eigenvalue weighted by Gasteiger charge is 2.22. The lowest BCUT2D eigenvalue weighted by Gasteiger charge is -2.32. The summed E-state index contributed by atoms with van der Waals surface area (Å²) in [6, 6.07) is 2.07. The summed E-state index contributed by atoms with van der Waals surface area (Å²) in [6.45, 7) is 3.62. The van der Waals surface area contributed by atoms with Gasteiger partial charge in [-0.2, -0.15) is 5.26 Å². The third-order valence-corrected chi connectivity index (χ3v) is 4.36. The fourth-order valence-electron chi connectivity index (χ4n) is 1.98. The number of nitriles is 1. The summed E-state index contributed by atoms with van der Waals surface area (Å²) < 4.78 is 0. The van der Waals surface area contributed by atoms with Crippen LogP contribution in [0.3, 0.4) is 0 Å². The molecule has 1 aromatic rings. The number of likely N-dealkylation sites (N-methyl/N-ethyl adjacent to an activating group) is 1. The lowest BCUT2D eigenvalue weighted by atomic mass is 10.2. The van der Waals surface area contributed by atoms with E-state index in [2.05, 4.69) is 28.8 Å². The second-order valence-electron chi connectivity index (χ2n) is 4.64. The van der Waals surface area contributed by atoms with Crippen molar-refractivity contribution in [2.45, 2.75) is 0 Å². The van der Waals surface area contributed by atoms with Crippen molar-refractivity contribution in [1.82, 2.24) is 15.2 Å². The molecule has 1 amide bonds. The van der Waals surface area contributed by atoms with Gasteiger partial charge in [0.1, 0.15) is 21.5 Å². The molecule has 2 heterocycles. The van der Waals surface area contributed by atoms with Crippen LogP contribution in [0.2, 0.25) is 0 Å². The standard InChI is InChI=1S/C12H18N6OS/c1-15-11(19)10-9(14)8(7-13)12(20-10)16-18-5-3-17(2)4-6-18/h16H,3-6,14H2,1-2H3,(H,15,19). The summed E-state index contributed by atoms with van der Waals surface area (Å²) >= 11 is 1.21. The van der Waals surface area contributed by atoms with Crippen LogP contribution < -0.4 is 16.5 Å². The van der Waals surface area contributed by atoms with Crippen molar-refractivity contribution >= 4 is 27.9 Å². The number of anilines is 2. The molecule has 1 aromatic heterocycles. The van der Waals surface area contributed by atoms with Gasteiger partial charge in [-0.3, -0.25) is 4.79 Å². The number of nitrogens with zero attached hydrogens (tertiary/aromatic N) is 3. The van der Waals surface area contributed by atoms with Crippen LogP contribution in [0.1, 0.15) is 15.2 Å². The van der Waals surface area contributed by atoms with Gasteiger partial charge >= 0.3 is 0 Å². The van der Waals surface area contributed by atoms with Crippen LogP contribution in [0, 0.1) is 11.3 Å². The van der Waals surface area contributed by atoms with Crippen molar-refractivity contribution in [1.29, 1.82) is 5.26 Å². The zero-order valence-corrected chi connectivity index (χ0v) is 12.4.